The third-order valence-corrected chi connectivity index (χ3v) is 3.56. The highest BCUT2D eigenvalue weighted by molar-refractivity contribution is 5.94. The highest BCUT2D eigenvalue weighted by atomic mass is 16.6. The van der Waals surface area contributed by atoms with Crippen LogP contribution in [0.2, 0.25) is 0 Å². The summed E-state index contributed by atoms with van der Waals surface area (Å²) in [6.07, 6.45) is 0. The van der Waals surface area contributed by atoms with Crippen molar-refractivity contribution < 1.29 is 14.5 Å². The van der Waals surface area contributed by atoms with Crippen LogP contribution in [0.3, 0.4) is 0 Å². The number of carbonyl (C=O) groups excluding carboxylic acids is 1. The Balaban J connectivity index is 2.25. The summed E-state index contributed by atoms with van der Waals surface area (Å²) in [6, 6.07) is 12.0. The fourth-order valence-electron chi connectivity index (χ4n) is 2.68. The Kier molecular flexibility index (Phi) is 2.75. The van der Waals surface area contributed by atoms with Crippen molar-refractivity contribution in [3.63, 3.8) is 0 Å². The summed E-state index contributed by atoms with van der Waals surface area (Å²) in [5.74, 6) is -0.864. The molecule has 1 aliphatic carbocycles. The third kappa shape index (κ3) is 1.67. The summed E-state index contributed by atoms with van der Waals surface area (Å²) < 4.78 is 4.85. The van der Waals surface area contributed by atoms with Gasteiger partial charge in [0.05, 0.1) is 12.0 Å². The van der Waals surface area contributed by atoms with E-state index in [1.807, 2.05) is 24.3 Å². The lowest BCUT2D eigenvalue weighted by Gasteiger charge is -2.10. The van der Waals surface area contributed by atoms with Crippen LogP contribution >= 0.6 is 0 Å². The topological polar surface area (TPSA) is 69.4 Å². The van der Waals surface area contributed by atoms with Gasteiger partial charge in [-0.1, -0.05) is 30.3 Å². The molecule has 0 N–H and O–H groups in total. The maximum atomic E-state index is 12.0. The molecule has 0 radical (unpaired) electrons. The highest BCUT2D eigenvalue weighted by Crippen LogP contribution is 2.46. The van der Waals surface area contributed by atoms with Crippen LogP contribution in [-0.4, -0.2) is 18.0 Å². The van der Waals surface area contributed by atoms with E-state index in [0.717, 1.165) is 22.3 Å². The molecule has 0 amide bonds. The Bertz CT molecular complexity index is 724. The van der Waals surface area contributed by atoms with Gasteiger partial charge < -0.3 is 4.74 Å². The van der Waals surface area contributed by atoms with Crippen molar-refractivity contribution in [2.45, 2.75) is 5.92 Å². The minimum atomic E-state index is -0.507. The van der Waals surface area contributed by atoms with Crippen LogP contribution < -0.4 is 0 Å². The number of nitro benzene ring substituents is 1. The number of hydrogen-bond donors (Lipinski definition) is 0. The second-order valence-electron chi connectivity index (χ2n) is 4.57. The average Bonchev–Trinajstić information content (AvgIpc) is 2.80. The molecule has 1 aliphatic rings. The molecule has 1 atom stereocenters. The molecule has 2 aromatic rings. The van der Waals surface area contributed by atoms with E-state index in [2.05, 4.69) is 0 Å². The Morgan fingerprint density at radius 1 is 1.15 bits per heavy atom. The number of nitro groups is 1. The first-order valence-electron chi connectivity index (χ1n) is 6.09. The smallest absolute Gasteiger partial charge is 0.317 e. The standard InChI is InChI=1S/C15H11NO4/c1-20-15(17)14-11-5-3-2-4-10(11)13-8-9(16(18)19)6-7-12(13)14/h2-8,14H,1H3. The number of esters is 1. The van der Waals surface area contributed by atoms with Gasteiger partial charge in [-0.2, -0.15) is 0 Å². The predicted octanol–water partition coefficient (Wildman–Crippen LogP) is 2.88. The van der Waals surface area contributed by atoms with E-state index in [0.29, 0.717) is 0 Å². The fraction of sp³-hybridized carbons (Fsp3) is 0.133. The number of ether oxygens (including phenoxy) is 1. The molecule has 20 heavy (non-hydrogen) atoms. The lowest BCUT2D eigenvalue weighted by molar-refractivity contribution is -0.384. The van der Waals surface area contributed by atoms with Crippen LogP contribution in [0.4, 0.5) is 5.69 Å². The quantitative estimate of drug-likeness (QED) is 0.477. The molecule has 5 nitrogen and oxygen atoms in total. The van der Waals surface area contributed by atoms with E-state index in [1.165, 1.54) is 19.2 Å². The molecule has 0 fully saturated rings. The summed E-state index contributed by atoms with van der Waals surface area (Å²) in [6.45, 7) is 0. The number of carbonyl (C=O) groups is 1. The zero-order valence-electron chi connectivity index (χ0n) is 10.7. The second-order valence-corrected chi connectivity index (χ2v) is 4.57. The van der Waals surface area contributed by atoms with Crippen molar-refractivity contribution in [2.24, 2.45) is 0 Å². The summed E-state index contributed by atoms with van der Waals surface area (Å²) in [5, 5.41) is 10.9. The third-order valence-electron chi connectivity index (χ3n) is 3.56. The Hall–Kier alpha value is -2.69. The molecule has 100 valence electrons. The van der Waals surface area contributed by atoms with Crippen LogP contribution in [0.5, 0.6) is 0 Å². The van der Waals surface area contributed by atoms with Crippen LogP contribution in [-0.2, 0) is 9.53 Å². The molecule has 0 saturated carbocycles. The van der Waals surface area contributed by atoms with Crippen molar-refractivity contribution in [2.75, 3.05) is 7.11 Å². The SMILES string of the molecule is COC(=O)C1c2ccccc2-c2cc([N+](=O)[O-])ccc21. The van der Waals surface area contributed by atoms with Crippen molar-refractivity contribution >= 4 is 11.7 Å². The van der Waals surface area contributed by atoms with Gasteiger partial charge in [-0.25, -0.2) is 0 Å². The van der Waals surface area contributed by atoms with E-state index in [-0.39, 0.29) is 11.7 Å². The molecule has 0 bridgehead atoms. The number of hydrogen-bond acceptors (Lipinski definition) is 4. The number of benzene rings is 2. The molecule has 0 heterocycles. The zero-order valence-corrected chi connectivity index (χ0v) is 10.7. The zero-order chi connectivity index (χ0) is 14.3. The molecule has 5 heteroatoms. The Labute approximate surface area is 115 Å². The maximum Gasteiger partial charge on any atom is 0.317 e. The first-order valence-corrected chi connectivity index (χ1v) is 6.09. The summed E-state index contributed by atoms with van der Waals surface area (Å²) >= 11 is 0. The van der Waals surface area contributed by atoms with Gasteiger partial charge in [-0.3, -0.25) is 14.9 Å². The first kappa shape index (κ1) is 12.3. The lowest BCUT2D eigenvalue weighted by atomic mass is 9.97. The van der Waals surface area contributed by atoms with E-state index >= 15 is 0 Å². The van der Waals surface area contributed by atoms with E-state index in [4.69, 9.17) is 4.74 Å². The van der Waals surface area contributed by atoms with Crippen molar-refractivity contribution in [3.8, 4) is 11.1 Å². The normalized spacial score (nSPS) is 15.3. The van der Waals surface area contributed by atoms with E-state index in [9.17, 15) is 14.9 Å². The monoisotopic (exact) mass is 269 g/mol. The van der Waals surface area contributed by atoms with Crippen LogP contribution in [0.15, 0.2) is 42.5 Å². The van der Waals surface area contributed by atoms with Gasteiger partial charge in [0.25, 0.3) is 5.69 Å². The molecule has 2 aromatic carbocycles. The molecule has 1 unspecified atom stereocenters. The van der Waals surface area contributed by atoms with Crippen molar-refractivity contribution in [1.29, 1.82) is 0 Å². The van der Waals surface area contributed by atoms with Gasteiger partial charge in [-0.05, 0) is 22.3 Å². The van der Waals surface area contributed by atoms with Crippen molar-refractivity contribution in [3.05, 3.63) is 63.7 Å². The average molecular weight is 269 g/mol. The molecule has 0 spiro atoms. The number of nitrogens with zero attached hydrogens (tertiary/aromatic N) is 1. The number of non-ortho nitro benzene ring substituents is 1. The number of rotatable bonds is 2. The van der Waals surface area contributed by atoms with E-state index < -0.39 is 10.8 Å². The molecule has 0 aromatic heterocycles. The van der Waals surface area contributed by atoms with E-state index in [1.54, 1.807) is 6.07 Å². The minimum absolute atomic E-state index is 0.0177. The Morgan fingerprint density at radius 3 is 2.55 bits per heavy atom. The first-order chi connectivity index (χ1) is 9.63. The van der Waals surface area contributed by atoms with Gasteiger partial charge in [0.15, 0.2) is 0 Å². The number of methoxy groups -OCH3 is 1. The van der Waals surface area contributed by atoms with Crippen LogP contribution in [0.25, 0.3) is 11.1 Å². The van der Waals surface area contributed by atoms with Crippen molar-refractivity contribution in [1.82, 2.24) is 0 Å². The van der Waals surface area contributed by atoms with Gasteiger partial charge in [0.1, 0.15) is 5.92 Å². The predicted molar refractivity (Wildman–Crippen MR) is 72.4 cm³/mol. The molecular weight excluding hydrogens is 258 g/mol. The van der Waals surface area contributed by atoms with Gasteiger partial charge in [-0.15, -0.1) is 0 Å². The minimum Gasteiger partial charge on any atom is -0.468 e. The second kappa shape index (κ2) is 4.45. The summed E-state index contributed by atoms with van der Waals surface area (Å²) in [5.41, 5.74) is 3.18. The largest absolute Gasteiger partial charge is 0.468 e. The molecular formula is C15H11NO4. The van der Waals surface area contributed by atoms with Gasteiger partial charge >= 0.3 is 5.97 Å². The van der Waals surface area contributed by atoms with Crippen LogP contribution in [0.1, 0.15) is 17.0 Å². The number of fused-ring (bicyclic) bond motifs is 3. The summed E-state index contributed by atoms with van der Waals surface area (Å²) in [4.78, 5) is 22.5. The molecule has 0 saturated heterocycles. The van der Waals surface area contributed by atoms with Crippen LogP contribution in [0, 0.1) is 10.1 Å². The van der Waals surface area contributed by atoms with Gasteiger partial charge in [0.2, 0.25) is 0 Å². The lowest BCUT2D eigenvalue weighted by Crippen LogP contribution is -2.13. The maximum absolute atomic E-state index is 12.0. The fourth-order valence-corrected chi connectivity index (χ4v) is 2.68. The molecule has 0 aliphatic heterocycles. The highest BCUT2D eigenvalue weighted by Gasteiger charge is 2.35. The molecule has 3 rings (SSSR count). The van der Waals surface area contributed by atoms with Gasteiger partial charge in [0, 0.05) is 12.1 Å². The summed E-state index contributed by atoms with van der Waals surface area (Å²) in [7, 11) is 1.34. The Morgan fingerprint density at radius 2 is 1.85 bits per heavy atom.